The Morgan fingerprint density at radius 1 is 1.20 bits per heavy atom. The Balaban J connectivity index is 1.85. The van der Waals surface area contributed by atoms with Crippen molar-refractivity contribution in [2.75, 3.05) is 26.0 Å². The molecule has 1 aliphatic heterocycles. The SMILES string of the molecule is COC(=O)CCCNC(=O)NCCCCC1CCSS1. The Kier molecular flexibility index (Phi) is 9.74. The van der Waals surface area contributed by atoms with E-state index in [1.54, 1.807) is 0 Å². The van der Waals surface area contributed by atoms with Crippen LogP contribution in [0.4, 0.5) is 4.79 Å². The van der Waals surface area contributed by atoms with Gasteiger partial charge in [-0.25, -0.2) is 4.79 Å². The molecule has 1 aliphatic rings. The maximum Gasteiger partial charge on any atom is 0.314 e. The number of ether oxygens (including phenoxy) is 1. The third-order valence-electron chi connectivity index (χ3n) is 3.04. The quantitative estimate of drug-likeness (QED) is 0.388. The number of urea groups is 1. The van der Waals surface area contributed by atoms with Gasteiger partial charge in [-0.3, -0.25) is 4.79 Å². The summed E-state index contributed by atoms with van der Waals surface area (Å²) in [4.78, 5) is 22.3. The summed E-state index contributed by atoms with van der Waals surface area (Å²) < 4.78 is 4.52. The van der Waals surface area contributed by atoms with Gasteiger partial charge in [-0.05, 0) is 25.7 Å². The van der Waals surface area contributed by atoms with Gasteiger partial charge in [0, 0.05) is 30.5 Å². The molecule has 5 nitrogen and oxygen atoms in total. The predicted octanol–water partition coefficient (Wildman–Crippen LogP) is 2.56. The van der Waals surface area contributed by atoms with E-state index in [0.29, 0.717) is 25.9 Å². The van der Waals surface area contributed by atoms with E-state index in [-0.39, 0.29) is 12.0 Å². The van der Waals surface area contributed by atoms with Crippen LogP contribution in [0.5, 0.6) is 0 Å². The van der Waals surface area contributed by atoms with Crippen molar-refractivity contribution in [2.24, 2.45) is 0 Å². The van der Waals surface area contributed by atoms with Crippen molar-refractivity contribution in [1.82, 2.24) is 10.6 Å². The number of amides is 2. The lowest BCUT2D eigenvalue weighted by Crippen LogP contribution is -2.36. The van der Waals surface area contributed by atoms with Crippen LogP contribution < -0.4 is 10.6 Å². The summed E-state index contributed by atoms with van der Waals surface area (Å²) >= 11 is 0. The molecule has 116 valence electrons. The van der Waals surface area contributed by atoms with E-state index in [2.05, 4.69) is 15.4 Å². The second-order valence-electron chi connectivity index (χ2n) is 4.69. The predicted molar refractivity (Wildman–Crippen MR) is 85.0 cm³/mol. The maximum atomic E-state index is 11.4. The molecular formula is C13H24N2O3S2. The van der Waals surface area contributed by atoms with Crippen LogP contribution in [0, 0.1) is 0 Å². The number of hydrogen-bond acceptors (Lipinski definition) is 5. The van der Waals surface area contributed by atoms with Crippen molar-refractivity contribution in [3.05, 3.63) is 0 Å². The van der Waals surface area contributed by atoms with Gasteiger partial charge in [-0.1, -0.05) is 28.0 Å². The summed E-state index contributed by atoms with van der Waals surface area (Å²) in [6.45, 7) is 1.21. The Morgan fingerprint density at radius 3 is 2.60 bits per heavy atom. The zero-order chi connectivity index (χ0) is 14.6. The Labute approximate surface area is 128 Å². The monoisotopic (exact) mass is 320 g/mol. The molecule has 7 heteroatoms. The molecule has 0 saturated carbocycles. The molecule has 1 atom stereocenters. The zero-order valence-corrected chi connectivity index (χ0v) is 13.6. The fraction of sp³-hybridized carbons (Fsp3) is 0.846. The van der Waals surface area contributed by atoms with Gasteiger partial charge in [0.25, 0.3) is 0 Å². The van der Waals surface area contributed by atoms with Crippen LogP contribution in [0.2, 0.25) is 0 Å². The lowest BCUT2D eigenvalue weighted by molar-refractivity contribution is -0.140. The van der Waals surface area contributed by atoms with Gasteiger partial charge in [0.05, 0.1) is 7.11 Å². The van der Waals surface area contributed by atoms with E-state index in [1.165, 1.54) is 32.1 Å². The molecule has 0 bridgehead atoms. The Hall–Kier alpha value is -0.560. The number of carbonyl (C=O) groups excluding carboxylic acids is 2. The lowest BCUT2D eigenvalue weighted by Gasteiger charge is -2.09. The number of methoxy groups -OCH3 is 1. The largest absolute Gasteiger partial charge is 0.469 e. The molecule has 0 aromatic heterocycles. The molecule has 2 N–H and O–H groups in total. The van der Waals surface area contributed by atoms with Crippen molar-refractivity contribution in [3.63, 3.8) is 0 Å². The van der Waals surface area contributed by atoms with Gasteiger partial charge in [-0.15, -0.1) is 0 Å². The van der Waals surface area contributed by atoms with Crippen LogP contribution in [0.1, 0.15) is 38.5 Å². The summed E-state index contributed by atoms with van der Waals surface area (Å²) in [6.07, 6.45) is 5.71. The smallest absolute Gasteiger partial charge is 0.314 e. The number of hydrogen-bond donors (Lipinski definition) is 2. The molecule has 1 heterocycles. The van der Waals surface area contributed by atoms with Gasteiger partial charge in [0.2, 0.25) is 0 Å². The molecule has 1 saturated heterocycles. The molecule has 0 aromatic rings. The normalized spacial score (nSPS) is 17.8. The summed E-state index contributed by atoms with van der Waals surface area (Å²) in [5, 5.41) is 6.37. The summed E-state index contributed by atoms with van der Waals surface area (Å²) in [5.74, 6) is 1.04. The van der Waals surface area contributed by atoms with Crippen LogP contribution in [-0.2, 0) is 9.53 Å². The molecule has 0 spiro atoms. The van der Waals surface area contributed by atoms with E-state index in [0.717, 1.165) is 11.7 Å². The molecule has 2 amide bonds. The van der Waals surface area contributed by atoms with Crippen LogP contribution >= 0.6 is 21.6 Å². The fourth-order valence-corrected chi connectivity index (χ4v) is 4.89. The van der Waals surface area contributed by atoms with Crippen LogP contribution in [0.3, 0.4) is 0 Å². The molecule has 0 aliphatic carbocycles. The summed E-state index contributed by atoms with van der Waals surface area (Å²) in [7, 11) is 5.34. The first-order valence-electron chi connectivity index (χ1n) is 7.09. The number of nitrogens with one attached hydrogen (secondary N) is 2. The molecular weight excluding hydrogens is 296 g/mol. The van der Waals surface area contributed by atoms with Crippen molar-refractivity contribution < 1.29 is 14.3 Å². The third kappa shape index (κ3) is 8.58. The first-order chi connectivity index (χ1) is 9.72. The second kappa shape index (κ2) is 11.1. The van der Waals surface area contributed by atoms with Gasteiger partial charge >= 0.3 is 12.0 Å². The molecule has 0 aromatic carbocycles. The molecule has 1 fully saturated rings. The number of unbranched alkanes of at least 4 members (excludes halogenated alkanes) is 1. The van der Waals surface area contributed by atoms with Crippen LogP contribution in [-0.4, -0.2) is 43.2 Å². The van der Waals surface area contributed by atoms with Crippen LogP contribution in [0.25, 0.3) is 0 Å². The topological polar surface area (TPSA) is 67.4 Å². The minimum atomic E-state index is -0.241. The third-order valence-corrected chi connectivity index (χ3v) is 6.04. The minimum Gasteiger partial charge on any atom is -0.469 e. The van der Waals surface area contributed by atoms with Gasteiger partial charge < -0.3 is 15.4 Å². The average Bonchev–Trinajstić information content (AvgIpc) is 2.96. The standard InChI is InChI=1S/C13H24N2O3S2/c1-18-12(16)6-4-9-15-13(17)14-8-3-2-5-11-7-10-19-20-11/h11H,2-10H2,1H3,(H2,14,15,17). The van der Waals surface area contributed by atoms with Crippen molar-refractivity contribution in [1.29, 1.82) is 0 Å². The number of carbonyl (C=O) groups is 2. The second-order valence-corrected chi connectivity index (χ2v) is 7.47. The molecule has 1 unspecified atom stereocenters. The summed E-state index contributed by atoms with van der Waals surface area (Å²) in [5.41, 5.74) is 0. The molecule has 0 radical (unpaired) electrons. The fourth-order valence-electron chi connectivity index (χ4n) is 1.86. The van der Waals surface area contributed by atoms with E-state index < -0.39 is 0 Å². The molecule has 20 heavy (non-hydrogen) atoms. The minimum absolute atomic E-state index is 0.152. The van der Waals surface area contributed by atoms with Crippen molar-refractivity contribution >= 4 is 33.6 Å². The zero-order valence-electron chi connectivity index (χ0n) is 12.0. The van der Waals surface area contributed by atoms with E-state index in [4.69, 9.17) is 0 Å². The van der Waals surface area contributed by atoms with Gasteiger partial charge in [-0.2, -0.15) is 0 Å². The first-order valence-corrected chi connectivity index (χ1v) is 9.47. The number of esters is 1. The highest BCUT2D eigenvalue weighted by Crippen LogP contribution is 2.39. The van der Waals surface area contributed by atoms with E-state index in [1.807, 2.05) is 21.6 Å². The van der Waals surface area contributed by atoms with Gasteiger partial charge in [0.15, 0.2) is 0 Å². The Morgan fingerprint density at radius 2 is 1.95 bits per heavy atom. The van der Waals surface area contributed by atoms with Gasteiger partial charge in [0.1, 0.15) is 0 Å². The van der Waals surface area contributed by atoms with E-state index >= 15 is 0 Å². The lowest BCUT2D eigenvalue weighted by atomic mass is 10.1. The highest BCUT2D eigenvalue weighted by molar-refractivity contribution is 8.77. The van der Waals surface area contributed by atoms with Crippen LogP contribution in [0.15, 0.2) is 0 Å². The van der Waals surface area contributed by atoms with Crippen molar-refractivity contribution in [3.8, 4) is 0 Å². The first kappa shape index (κ1) is 17.5. The Bertz CT molecular complexity index is 297. The number of rotatable bonds is 9. The summed E-state index contributed by atoms with van der Waals surface area (Å²) in [6, 6.07) is -0.152. The highest BCUT2D eigenvalue weighted by atomic mass is 33.1. The molecule has 1 rings (SSSR count). The highest BCUT2D eigenvalue weighted by Gasteiger charge is 2.15. The van der Waals surface area contributed by atoms with Crippen molar-refractivity contribution in [2.45, 2.75) is 43.8 Å². The maximum absolute atomic E-state index is 11.4. The average molecular weight is 320 g/mol. The van der Waals surface area contributed by atoms with E-state index in [9.17, 15) is 9.59 Å².